The number of nitrogens with zero attached hydrogens (tertiary/aromatic N) is 5. The van der Waals surface area contributed by atoms with Crippen LogP contribution in [-0.4, -0.2) is 56.2 Å². The first kappa shape index (κ1) is 20.5. The molecular formula is C19H27N5O3. The summed E-state index contributed by atoms with van der Waals surface area (Å²) in [5.74, 6) is -0.102. The summed E-state index contributed by atoms with van der Waals surface area (Å²) in [6.45, 7) is 11.2. The van der Waals surface area contributed by atoms with Crippen LogP contribution in [0.2, 0.25) is 0 Å². The van der Waals surface area contributed by atoms with Gasteiger partial charge in [0.15, 0.2) is 0 Å². The van der Waals surface area contributed by atoms with Crippen molar-refractivity contribution >= 4 is 11.9 Å². The van der Waals surface area contributed by atoms with Crippen molar-refractivity contribution < 1.29 is 14.3 Å². The quantitative estimate of drug-likeness (QED) is 0.718. The van der Waals surface area contributed by atoms with Gasteiger partial charge in [-0.05, 0) is 47.6 Å². The molecule has 0 spiro atoms. The number of rotatable bonds is 6. The fourth-order valence-electron chi connectivity index (χ4n) is 2.94. The first-order chi connectivity index (χ1) is 12.6. The van der Waals surface area contributed by atoms with Crippen molar-refractivity contribution in [2.75, 3.05) is 13.7 Å². The van der Waals surface area contributed by atoms with Crippen LogP contribution in [0.15, 0.2) is 6.07 Å². The van der Waals surface area contributed by atoms with E-state index in [9.17, 15) is 9.59 Å². The number of hydrogen-bond acceptors (Lipinski definition) is 6. The summed E-state index contributed by atoms with van der Waals surface area (Å²) in [4.78, 5) is 34.8. The summed E-state index contributed by atoms with van der Waals surface area (Å²) >= 11 is 0. The summed E-state index contributed by atoms with van der Waals surface area (Å²) in [6.07, 6.45) is 0.150. The van der Waals surface area contributed by atoms with E-state index in [4.69, 9.17) is 4.74 Å². The maximum absolute atomic E-state index is 12.8. The van der Waals surface area contributed by atoms with Gasteiger partial charge in [-0.15, -0.1) is 0 Å². The second-order valence-corrected chi connectivity index (χ2v) is 6.88. The van der Waals surface area contributed by atoms with Crippen LogP contribution in [0.3, 0.4) is 0 Å². The number of carbonyl (C=O) groups is 2. The van der Waals surface area contributed by atoms with E-state index in [1.165, 1.54) is 12.0 Å². The number of aryl methyl sites for hydroxylation is 3. The monoisotopic (exact) mass is 373 g/mol. The molecule has 2 aromatic heterocycles. The maximum atomic E-state index is 12.8. The molecule has 146 valence electrons. The number of esters is 1. The van der Waals surface area contributed by atoms with Crippen LogP contribution in [0.1, 0.15) is 42.2 Å². The van der Waals surface area contributed by atoms with E-state index >= 15 is 0 Å². The predicted molar refractivity (Wildman–Crippen MR) is 101 cm³/mol. The Morgan fingerprint density at radius 2 is 1.74 bits per heavy atom. The Morgan fingerprint density at radius 1 is 1.15 bits per heavy atom. The molecule has 0 unspecified atom stereocenters. The molecule has 0 fully saturated rings. The number of aromatic nitrogens is 4. The highest BCUT2D eigenvalue weighted by Gasteiger charge is 2.24. The minimum absolute atomic E-state index is 0.0700. The first-order valence-corrected chi connectivity index (χ1v) is 8.88. The molecule has 8 nitrogen and oxygen atoms in total. The third-order valence-corrected chi connectivity index (χ3v) is 4.40. The Balaban J connectivity index is 2.33. The van der Waals surface area contributed by atoms with Gasteiger partial charge in [0.25, 0.3) is 5.95 Å². The number of carbonyl (C=O) groups excluding carboxylic acids is 2. The highest BCUT2D eigenvalue weighted by atomic mass is 16.5. The molecule has 0 aromatic carbocycles. The van der Waals surface area contributed by atoms with Crippen molar-refractivity contribution in [2.24, 2.45) is 0 Å². The van der Waals surface area contributed by atoms with Gasteiger partial charge in [0.05, 0.1) is 19.2 Å². The maximum Gasteiger partial charge on any atom is 0.325 e. The van der Waals surface area contributed by atoms with Crippen molar-refractivity contribution in [3.05, 3.63) is 34.4 Å². The average Bonchev–Trinajstić information content (AvgIpc) is 2.86. The summed E-state index contributed by atoms with van der Waals surface area (Å²) in [5, 5.41) is 4.53. The average molecular weight is 373 g/mol. The molecule has 0 aliphatic carbocycles. The van der Waals surface area contributed by atoms with Crippen molar-refractivity contribution in [2.45, 2.75) is 54.0 Å². The zero-order valence-electron chi connectivity index (χ0n) is 17.0. The van der Waals surface area contributed by atoms with Crippen LogP contribution in [0, 0.1) is 27.7 Å². The molecular weight excluding hydrogens is 346 g/mol. The lowest BCUT2D eigenvalue weighted by molar-refractivity contribution is -0.148. The molecule has 8 heteroatoms. The third kappa shape index (κ3) is 4.69. The molecule has 1 amide bonds. The van der Waals surface area contributed by atoms with Crippen LogP contribution in [0.5, 0.6) is 0 Å². The summed E-state index contributed by atoms with van der Waals surface area (Å²) in [6, 6.07) is 1.78. The summed E-state index contributed by atoms with van der Waals surface area (Å²) in [5.41, 5.74) is 4.08. The van der Waals surface area contributed by atoms with Crippen molar-refractivity contribution in [3.8, 4) is 5.95 Å². The number of ether oxygens (including phenoxy) is 1. The van der Waals surface area contributed by atoms with Gasteiger partial charge in [-0.2, -0.15) is 5.10 Å². The minimum atomic E-state index is -0.440. The fraction of sp³-hybridized carbons (Fsp3) is 0.526. The van der Waals surface area contributed by atoms with Crippen molar-refractivity contribution in [3.63, 3.8) is 0 Å². The largest absolute Gasteiger partial charge is 0.468 e. The molecule has 2 aromatic rings. The molecule has 0 bridgehead atoms. The number of hydrogen-bond donors (Lipinski definition) is 0. The second kappa shape index (κ2) is 8.28. The van der Waals surface area contributed by atoms with Crippen LogP contribution >= 0.6 is 0 Å². The number of methoxy groups -OCH3 is 1. The van der Waals surface area contributed by atoms with E-state index in [1.807, 2.05) is 47.6 Å². The second-order valence-electron chi connectivity index (χ2n) is 6.88. The van der Waals surface area contributed by atoms with Crippen molar-refractivity contribution in [1.82, 2.24) is 24.6 Å². The summed E-state index contributed by atoms with van der Waals surface area (Å²) < 4.78 is 6.36. The summed E-state index contributed by atoms with van der Waals surface area (Å²) in [7, 11) is 1.31. The topological polar surface area (TPSA) is 90.2 Å². The highest BCUT2D eigenvalue weighted by molar-refractivity contribution is 5.84. The fourth-order valence-corrected chi connectivity index (χ4v) is 2.94. The van der Waals surface area contributed by atoms with Gasteiger partial charge in [-0.3, -0.25) is 9.59 Å². The molecule has 0 N–H and O–H groups in total. The molecule has 27 heavy (non-hydrogen) atoms. The van der Waals surface area contributed by atoms with Gasteiger partial charge in [0.2, 0.25) is 5.91 Å². The van der Waals surface area contributed by atoms with E-state index in [0.29, 0.717) is 5.95 Å². The Labute approximate surface area is 159 Å². The van der Waals surface area contributed by atoms with Crippen LogP contribution < -0.4 is 0 Å². The van der Waals surface area contributed by atoms with E-state index in [1.54, 1.807) is 4.68 Å². The molecule has 2 rings (SSSR count). The Hall–Kier alpha value is -2.77. The molecule has 0 aliphatic rings. The first-order valence-electron chi connectivity index (χ1n) is 8.88. The van der Waals surface area contributed by atoms with Crippen molar-refractivity contribution in [1.29, 1.82) is 0 Å². The molecule has 0 aliphatic heterocycles. The van der Waals surface area contributed by atoms with Gasteiger partial charge in [-0.25, -0.2) is 14.6 Å². The van der Waals surface area contributed by atoms with Crippen LogP contribution in [-0.2, 0) is 20.7 Å². The lowest BCUT2D eigenvalue weighted by atomic mass is 10.1. The SMILES string of the molecule is COC(=O)CN(C(=O)Cc1c(C)nn(-c2nc(C)cc(C)n2)c1C)C(C)C. The van der Waals surface area contributed by atoms with E-state index in [-0.39, 0.29) is 24.9 Å². The lowest BCUT2D eigenvalue weighted by Gasteiger charge is -2.25. The third-order valence-electron chi connectivity index (χ3n) is 4.40. The molecule has 0 radical (unpaired) electrons. The van der Waals surface area contributed by atoms with Crippen LogP contribution in [0.4, 0.5) is 0 Å². The minimum Gasteiger partial charge on any atom is -0.468 e. The Kier molecular flexibility index (Phi) is 6.30. The normalized spacial score (nSPS) is 11.0. The lowest BCUT2D eigenvalue weighted by Crippen LogP contribution is -2.42. The van der Waals surface area contributed by atoms with Gasteiger partial charge in [0, 0.05) is 28.7 Å². The van der Waals surface area contributed by atoms with E-state index < -0.39 is 5.97 Å². The van der Waals surface area contributed by atoms with Gasteiger partial charge >= 0.3 is 5.97 Å². The molecule has 0 saturated heterocycles. The molecule has 2 heterocycles. The van der Waals surface area contributed by atoms with E-state index in [0.717, 1.165) is 28.3 Å². The predicted octanol–water partition coefficient (Wildman–Crippen LogP) is 1.85. The Bertz CT molecular complexity index is 837. The molecule has 0 atom stereocenters. The van der Waals surface area contributed by atoms with Crippen LogP contribution in [0.25, 0.3) is 5.95 Å². The number of amides is 1. The smallest absolute Gasteiger partial charge is 0.325 e. The Morgan fingerprint density at radius 3 is 2.26 bits per heavy atom. The van der Waals surface area contributed by atoms with Gasteiger partial charge in [0.1, 0.15) is 6.54 Å². The van der Waals surface area contributed by atoms with E-state index in [2.05, 4.69) is 15.1 Å². The van der Waals surface area contributed by atoms with Gasteiger partial charge in [-0.1, -0.05) is 0 Å². The van der Waals surface area contributed by atoms with Gasteiger partial charge < -0.3 is 9.64 Å². The standard InChI is InChI=1S/C19H27N5O3/c1-11(2)23(10-18(26)27-7)17(25)9-16-14(5)22-24(15(16)6)19-20-12(3)8-13(4)21-19/h8,11H,9-10H2,1-7H3. The zero-order chi connectivity index (χ0) is 20.3. The molecule has 0 saturated carbocycles. The zero-order valence-corrected chi connectivity index (χ0v) is 17.0. The highest BCUT2D eigenvalue weighted by Crippen LogP contribution is 2.18.